The minimum atomic E-state index is -0.697. The molecule has 1 aromatic rings. The van der Waals surface area contributed by atoms with Gasteiger partial charge in [0.2, 0.25) is 0 Å². The van der Waals surface area contributed by atoms with Crippen LogP contribution < -0.4 is 9.47 Å². The standard InChI is InChI=1S/C15H21NO3/c1-16-9-6-11(10-16)19-13-5-3-4-12(14(13)18-2)15(17)7-8-15/h3-5,11,17H,6-10H2,1-2H3. The molecule has 1 atom stereocenters. The van der Waals surface area contributed by atoms with Gasteiger partial charge in [-0.25, -0.2) is 0 Å². The normalized spacial score (nSPS) is 25.3. The first-order chi connectivity index (χ1) is 9.12. The Bertz CT molecular complexity index is 470. The maximum absolute atomic E-state index is 10.3. The molecule has 1 aliphatic heterocycles. The third-order valence-corrected chi connectivity index (χ3v) is 4.05. The molecule has 1 saturated carbocycles. The Hall–Kier alpha value is -1.26. The van der Waals surface area contributed by atoms with Gasteiger partial charge in [0, 0.05) is 18.7 Å². The largest absolute Gasteiger partial charge is 0.492 e. The van der Waals surface area contributed by atoms with Crippen LogP contribution in [0.5, 0.6) is 11.5 Å². The lowest BCUT2D eigenvalue weighted by Crippen LogP contribution is -2.22. The number of rotatable bonds is 4. The Balaban J connectivity index is 1.84. The molecular weight excluding hydrogens is 242 g/mol. The van der Waals surface area contributed by atoms with E-state index in [1.165, 1.54) is 0 Å². The number of benzene rings is 1. The number of aliphatic hydroxyl groups is 1. The van der Waals surface area contributed by atoms with Crippen LogP contribution in [-0.4, -0.2) is 43.4 Å². The second kappa shape index (κ2) is 4.69. The zero-order chi connectivity index (χ0) is 13.5. The Kier molecular flexibility index (Phi) is 3.15. The van der Waals surface area contributed by atoms with Gasteiger partial charge in [0.1, 0.15) is 6.10 Å². The fourth-order valence-corrected chi connectivity index (χ4v) is 2.74. The van der Waals surface area contributed by atoms with Crippen molar-refractivity contribution in [1.29, 1.82) is 0 Å². The van der Waals surface area contributed by atoms with Crippen LogP contribution in [0.1, 0.15) is 24.8 Å². The number of likely N-dealkylation sites (tertiary alicyclic amines) is 1. The molecule has 104 valence electrons. The highest BCUT2D eigenvalue weighted by Crippen LogP contribution is 2.51. The summed E-state index contributed by atoms with van der Waals surface area (Å²) in [4.78, 5) is 2.26. The number of nitrogens with zero attached hydrogens (tertiary/aromatic N) is 1. The first-order valence-electron chi connectivity index (χ1n) is 6.87. The van der Waals surface area contributed by atoms with E-state index in [1.54, 1.807) is 7.11 Å². The van der Waals surface area contributed by atoms with Crippen molar-refractivity contribution >= 4 is 0 Å². The third-order valence-electron chi connectivity index (χ3n) is 4.05. The summed E-state index contributed by atoms with van der Waals surface area (Å²) < 4.78 is 11.5. The van der Waals surface area contributed by atoms with Crippen molar-refractivity contribution in [3.63, 3.8) is 0 Å². The molecule has 4 heteroatoms. The molecule has 4 nitrogen and oxygen atoms in total. The van der Waals surface area contributed by atoms with Crippen molar-refractivity contribution in [2.24, 2.45) is 0 Å². The molecule has 1 aliphatic carbocycles. The van der Waals surface area contributed by atoms with Crippen molar-refractivity contribution in [2.45, 2.75) is 31.0 Å². The first kappa shape index (κ1) is 12.8. The van der Waals surface area contributed by atoms with Gasteiger partial charge in [-0.3, -0.25) is 0 Å². The van der Waals surface area contributed by atoms with Gasteiger partial charge in [0.15, 0.2) is 11.5 Å². The van der Waals surface area contributed by atoms with Crippen LogP contribution >= 0.6 is 0 Å². The van der Waals surface area contributed by atoms with E-state index >= 15 is 0 Å². The molecule has 1 saturated heterocycles. The highest BCUT2D eigenvalue weighted by atomic mass is 16.5. The molecule has 0 radical (unpaired) electrons. The van der Waals surface area contributed by atoms with Crippen molar-refractivity contribution in [3.8, 4) is 11.5 Å². The number of hydrogen-bond acceptors (Lipinski definition) is 4. The lowest BCUT2D eigenvalue weighted by Gasteiger charge is -2.20. The summed E-state index contributed by atoms with van der Waals surface area (Å²) in [5, 5.41) is 10.3. The lowest BCUT2D eigenvalue weighted by atomic mass is 10.1. The van der Waals surface area contributed by atoms with Crippen molar-refractivity contribution in [3.05, 3.63) is 23.8 Å². The monoisotopic (exact) mass is 263 g/mol. The van der Waals surface area contributed by atoms with Crippen LogP contribution in [0.25, 0.3) is 0 Å². The maximum Gasteiger partial charge on any atom is 0.166 e. The van der Waals surface area contributed by atoms with E-state index in [2.05, 4.69) is 11.9 Å². The van der Waals surface area contributed by atoms with E-state index < -0.39 is 5.60 Å². The molecule has 19 heavy (non-hydrogen) atoms. The fraction of sp³-hybridized carbons (Fsp3) is 0.600. The molecular formula is C15H21NO3. The molecule has 1 heterocycles. The first-order valence-corrected chi connectivity index (χ1v) is 6.87. The molecule has 0 amide bonds. The van der Waals surface area contributed by atoms with E-state index in [0.29, 0.717) is 5.75 Å². The summed E-state index contributed by atoms with van der Waals surface area (Å²) in [7, 11) is 3.74. The summed E-state index contributed by atoms with van der Waals surface area (Å²) >= 11 is 0. The van der Waals surface area contributed by atoms with Gasteiger partial charge in [0.25, 0.3) is 0 Å². The van der Waals surface area contributed by atoms with E-state index in [1.807, 2.05) is 18.2 Å². The van der Waals surface area contributed by atoms with Crippen molar-refractivity contribution in [1.82, 2.24) is 4.90 Å². The van der Waals surface area contributed by atoms with E-state index in [-0.39, 0.29) is 6.10 Å². The average Bonchev–Trinajstić information content (AvgIpc) is 3.02. The number of methoxy groups -OCH3 is 1. The second-order valence-electron chi connectivity index (χ2n) is 5.66. The molecule has 1 N–H and O–H groups in total. The molecule has 1 aromatic carbocycles. The lowest BCUT2D eigenvalue weighted by molar-refractivity contribution is 0.144. The Morgan fingerprint density at radius 2 is 2.16 bits per heavy atom. The van der Waals surface area contributed by atoms with Crippen LogP contribution in [0.2, 0.25) is 0 Å². The summed E-state index contributed by atoms with van der Waals surface area (Å²) in [6.07, 6.45) is 2.86. The predicted molar refractivity (Wildman–Crippen MR) is 72.7 cm³/mol. The molecule has 3 rings (SSSR count). The second-order valence-corrected chi connectivity index (χ2v) is 5.66. The van der Waals surface area contributed by atoms with Gasteiger partial charge in [-0.1, -0.05) is 12.1 Å². The van der Waals surface area contributed by atoms with E-state index in [4.69, 9.17) is 9.47 Å². The Labute approximate surface area is 113 Å². The van der Waals surface area contributed by atoms with E-state index in [9.17, 15) is 5.11 Å². The van der Waals surface area contributed by atoms with Crippen LogP contribution in [0.3, 0.4) is 0 Å². The highest BCUT2D eigenvalue weighted by molar-refractivity contribution is 5.51. The fourth-order valence-electron chi connectivity index (χ4n) is 2.74. The van der Waals surface area contributed by atoms with Gasteiger partial charge >= 0.3 is 0 Å². The van der Waals surface area contributed by atoms with Crippen molar-refractivity contribution < 1.29 is 14.6 Å². The number of likely N-dealkylation sites (N-methyl/N-ethyl adjacent to an activating group) is 1. The molecule has 0 spiro atoms. The SMILES string of the molecule is COc1c(OC2CCN(C)C2)cccc1C1(O)CC1. The molecule has 2 aliphatic rings. The summed E-state index contributed by atoms with van der Waals surface area (Å²) in [6.45, 7) is 2.01. The molecule has 0 bridgehead atoms. The number of hydrogen-bond donors (Lipinski definition) is 1. The zero-order valence-corrected chi connectivity index (χ0v) is 11.6. The summed E-state index contributed by atoms with van der Waals surface area (Å²) in [5.74, 6) is 1.44. The van der Waals surface area contributed by atoms with E-state index in [0.717, 1.165) is 43.7 Å². The molecule has 2 fully saturated rings. The maximum atomic E-state index is 10.3. The zero-order valence-electron chi connectivity index (χ0n) is 11.6. The number of para-hydroxylation sites is 1. The van der Waals surface area contributed by atoms with Gasteiger partial charge < -0.3 is 19.5 Å². The average molecular weight is 263 g/mol. The Morgan fingerprint density at radius 3 is 2.74 bits per heavy atom. The third kappa shape index (κ3) is 2.42. The smallest absolute Gasteiger partial charge is 0.166 e. The van der Waals surface area contributed by atoms with Gasteiger partial charge in [-0.2, -0.15) is 0 Å². The van der Waals surface area contributed by atoms with Crippen LogP contribution in [-0.2, 0) is 5.60 Å². The highest BCUT2D eigenvalue weighted by Gasteiger charge is 2.45. The number of ether oxygens (including phenoxy) is 2. The van der Waals surface area contributed by atoms with Crippen LogP contribution in [0, 0.1) is 0 Å². The van der Waals surface area contributed by atoms with Gasteiger partial charge in [-0.15, -0.1) is 0 Å². The Morgan fingerprint density at radius 1 is 1.37 bits per heavy atom. The molecule has 0 aromatic heterocycles. The van der Waals surface area contributed by atoms with Gasteiger partial charge in [0.05, 0.1) is 12.7 Å². The van der Waals surface area contributed by atoms with Crippen LogP contribution in [0.15, 0.2) is 18.2 Å². The molecule has 1 unspecified atom stereocenters. The minimum absolute atomic E-state index is 0.211. The van der Waals surface area contributed by atoms with Crippen molar-refractivity contribution in [2.75, 3.05) is 27.2 Å². The summed E-state index contributed by atoms with van der Waals surface area (Å²) in [5.41, 5.74) is 0.163. The summed E-state index contributed by atoms with van der Waals surface area (Å²) in [6, 6.07) is 5.79. The topological polar surface area (TPSA) is 41.9 Å². The quantitative estimate of drug-likeness (QED) is 0.899. The van der Waals surface area contributed by atoms with Gasteiger partial charge in [-0.05, 0) is 32.4 Å². The van der Waals surface area contributed by atoms with Crippen LogP contribution in [0.4, 0.5) is 0 Å². The predicted octanol–water partition coefficient (Wildman–Crippen LogP) is 1.76. The minimum Gasteiger partial charge on any atom is -0.492 e.